The van der Waals surface area contributed by atoms with Crippen molar-refractivity contribution in [1.82, 2.24) is 15.1 Å². The molecule has 2 aromatic carbocycles. The average Bonchev–Trinajstić information content (AvgIpc) is 2.61. The van der Waals surface area contributed by atoms with Crippen molar-refractivity contribution in [3.05, 3.63) is 65.5 Å². The van der Waals surface area contributed by atoms with Crippen molar-refractivity contribution in [1.29, 1.82) is 0 Å². The highest BCUT2D eigenvalue weighted by atomic mass is 32.2. The average molecular weight is 395 g/mol. The van der Waals surface area contributed by atoms with Gasteiger partial charge in [-0.3, -0.25) is 9.63 Å². The van der Waals surface area contributed by atoms with E-state index in [-0.39, 0.29) is 4.90 Å². The lowest BCUT2D eigenvalue weighted by Gasteiger charge is -2.14. The molecule has 0 atom stereocenters. The van der Waals surface area contributed by atoms with Gasteiger partial charge in [-0.1, -0.05) is 29.2 Å². The van der Waals surface area contributed by atoms with Crippen LogP contribution in [0, 0.1) is 5.82 Å². The molecule has 0 saturated heterocycles. The van der Waals surface area contributed by atoms with Crippen LogP contribution < -0.4 is 10.2 Å². The fourth-order valence-electron chi connectivity index (χ4n) is 2.30. The minimum Gasteiger partial charge on any atom is -0.350 e. The Bertz CT molecular complexity index is 870. The molecule has 0 unspecified atom stereocenters. The van der Waals surface area contributed by atoms with Gasteiger partial charge in [0.25, 0.3) is 10.0 Å². The first-order valence-corrected chi connectivity index (χ1v) is 9.63. The van der Waals surface area contributed by atoms with Gasteiger partial charge in [0.1, 0.15) is 12.4 Å². The monoisotopic (exact) mass is 395 g/mol. The molecule has 0 fully saturated rings. The molecular formula is C18H22FN3O4S. The molecule has 0 aliphatic rings. The standard InChI is InChI=1S/C18H22FN3O4S/c1-22(2)12-15-6-4-3-5-14(15)11-20-18(23)13-26-21-27(24,25)17-9-7-16(19)8-10-17/h3-10,21H,11-13H2,1-2H3,(H,20,23). The summed E-state index contributed by atoms with van der Waals surface area (Å²) in [6.45, 7) is 0.549. The van der Waals surface area contributed by atoms with E-state index in [1.165, 1.54) is 0 Å². The number of nitrogens with one attached hydrogen (secondary N) is 2. The molecule has 2 aromatic rings. The van der Waals surface area contributed by atoms with E-state index in [2.05, 4.69) is 5.32 Å². The number of rotatable bonds is 9. The number of hydrogen-bond acceptors (Lipinski definition) is 5. The molecule has 0 aromatic heterocycles. The third kappa shape index (κ3) is 6.72. The van der Waals surface area contributed by atoms with Gasteiger partial charge in [-0.05, 0) is 49.5 Å². The lowest BCUT2D eigenvalue weighted by Crippen LogP contribution is -2.33. The van der Waals surface area contributed by atoms with Gasteiger partial charge in [0.2, 0.25) is 5.91 Å². The predicted molar refractivity (Wildman–Crippen MR) is 98.4 cm³/mol. The third-order valence-electron chi connectivity index (χ3n) is 3.58. The smallest absolute Gasteiger partial charge is 0.262 e. The van der Waals surface area contributed by atoms with Gasteiger partial charge < -0.3 is 10.2 Å². The summed E-state index contributed by atoms with van der Waals surface area (Å²) in [5, 5.41) is 2.68. The second-order valence-electron chi connectivity index (χ2n) is 6.11. The van der Waals surface area contributed by atoms with E-state index in [0.29, 0.717) is 6.54 Å². The number of sulfonamides is 1. The Hall–Kier alpha value is -2.33. The molecule has 0 saturated carbocycles. The van der Waals surface area contributed by atoms with E-state index in [1.807, 2.05) is 48.1 Å². The fourth-order valence-corrected chi connectivity index (χ4v) is 3.11. The first kappa shape index (κ1) is 21.0. The Morgan fingerprint density at radius 2 is 1.70 bits per heavy atom. The Kier molecular flexibility index (Phi) is 7.43. The molecule has 2 N–H and O–H groups in total. The summed E-state index contributed by atoms with van der Waals surface area (Å²) in [6, 6.07) is 11.9. The van der Waals surface area contributed by atoms with Crippen molar-refractivity contribution >= 4 is 15.9 Å². The van der Waals surface area contributed by atoms with Crippen LogP contribution in [0.3, 0.4) is 0 Å². The zero-order valence-electron chi connectivity index (χ0n) is 15.1. The van der Waals surface area contributed by atoms with Gasteiger partial charge in [0, 0.05) is 13.1 Å². The van der Waals surface area contributed by atoms with E-state index < -0.39 is 28.4 Å². The summed E-state index contributed by atoms with van der Waals surface area (Å²) in [6.07, 6.45) is 0. The number of carbonyl (C=O) groups is 1. The van der Waals surface area contributed by atoms with E-state index in [9.17, 15) is 17.6 Å². The second-order valence-corrected chi connectivity index (χ2v) is 7.76. The minimum atomic E-state index is -3.98. The van der Waals surface area contributed by atoms with Gasteiger partial charge in [-0.15, -0.1) is 0 Å². The molecular weight excluding hydrogens is 373 g/mol. The van der Waals surface area contributed by atoms with Crippen molar-refractivity contribution in [2.24, 2.45) is 0 Å². The molecule has 2 rings (SSSR count). The summed E-state index contributed by atoms with van der Waals surface area (Å²) in [4.78, 5) is 20.4. The topological polar surface area (TPSA) is 87.7 Å². The van der Waals surface area contributed by atoms with E-state index in [4.69, 9.17) is 4.84 Å². The predicted octanol–water partition coefficient (Wildman–Crippen LogP) is 1.41. The number of carbonyl (C=O) groups excluding carboxylic acids is 1. The van der Waals surface area contributed by atoms with Crippen molar-refractivity contribution in [2.45, 2.75) is 18.0 Å². The maximum Gasteiger partial charge on any atom is 0.262 e. The maximum atomic E-state index is 12.9. The molecule has 0 radical (unpaired) electrons. The maximum absolute atomic E-state index is 12.9. The zero-order valence-corrected chi connectivity index (χ0v) is 15.9. The third-order valence-corrected chi connectivity index (χ3v) is 4.81. The molecule has 27 heavy (non-hydrogen) atoms. The largest absolute Gasteiger partial charge is 0.350 e. The van der Waals surface area contributed by atoms with Gasteiger partial charge in [-0.2, -0.15) is 0 Å². The SMILES string of the molecule is CN(C)Cc1ccccc1CNC(=O)CONS(=O)(=O)c1ccc(F)cc1. The Balaban J connectivity index is 1.82. The molecule has 0 aliphatic heterocycles. The van der Waals surface area contributed by atoms with Crippen LogP contribution in [0.2, 0.25) is 0 Å². The van der Waals surface area contributed by atoms with Crippen molar-refractivity contribution in [2.75, 3.05) is 20.7 Å². The van der Waals surface area contributed by atoms with Gasteiger partial charge in [0.15, 0.2) is 0 Å². The Morgan fingerprint density at radius 3 is 2.33 bits per heavy atom. The number of amides is 1. The van der Waals surface area contributed by atoms with E-state index in [1.54, 1.807) is 0 Å². The summed E-state index contributed by atoms with van der Waals surface area (Å²) in [7, 11) is -0.0748. The van der Waals surface area contributed by atoms with Crippen molar-refractivity contribution < 1.29 is 22.4 Å². The van der Waals surface area contributed by atoms with Crippen LogP contribution in [-0.2, 0) is 32.7 Å². The Labute approximate surface area is 158 Å². The highest BCUT2D eigenvalue weighted by Crippen LogP contribution is 2.11. The Morgan fingerprint density at radius 1 is 1.07 bits per heavy atom. The normalized spacial score (nSPS) is 11.6. The number of nitrogens with zero attached hydrogens (tertiary/aromatic N) is 1. The number of benzene rings is 2. The van der Waals surface area contributed by atoms with Crippen LogP contribution in [0.15, 0.2) is 53.4 Å². The van der Waals surface area contributed by atoms with E-state index >= 15 is 0 Å². The highest BCUT2D eigenvalue weighted by molar-refractivity contribution is 7.89. The van der Waals surface area contributed by atoms with Crippen LogP contribution in [0.5, 0.6) is 0 Å². The number of hydrogen-bond donors (Lipinski definition) is 2. The lowest BCUT2D eigenvalue weighted by atomic mass is 10.1. The van der Waals surface area contributed by atoms with Crippen LogP contribution in [0.1, 0.15) is 11.1 Å². The summed E-state index contributed by atoms with van der Waals surface area (Å²) in [5.41, 5.74) is 2.05. The van der Waals surface area contributed by atoms with Gasteiger partial charge >= 0.3 is 0 Å². The molecule has 9 heteroatoms. The molecule has 0 spiro atoms. The molecule has 0 bridgehead atoms. The second kappa shape index (κ2) is 9.56. The van der Waals surface area contributed by atoms with Gasteiger partial charge in [0.05, 0.1) is 4.90 Å². The first-order valence-electron chi connectivity index (χ1n) is 8.15. The zero-order chi connectivity index (χ0) is 19.9. The summed E-state index contributed by atoms with van der Waals surface area (Å²) in [5.74, 6) is -1.03. The lowest BCUT2D eigenvalue weighted by molar-refractivity contribution is -0.126. The minimum absolute atomic E-state index is 0.165. The molecule has 0 aliphatic carbocycles. The van der Waals surface area contributed by atoms with E-state index in [0.717, 1.165) is 41.9 Å². The molecule has 1 amide bonds. The highest BCUT2D eigenvalue weighted by Gasteiger charge is 2.15. The van der Waals surface area contributed by atoms with Crippen LogP contribution >= 0.6 is 0 Å². The molecule has 0 heterocycles. The molecule has 7 nitrogen and oxygen atoms in total. The first-order chi connectivity index (χ1) is 12.8. The van der Waals surface area contributed by atoms with Crippen molar-refractivity contribution in [3.63, 3.8) is 0 Å². The summed E-state index contributed by atoms with van der Waals surface area (Å²) < 4.78 is 36.8. The van der Waals surface area contributed by atoms with Crippen LogP contribution in [-0.4, -0.2) is 39.9 Å². The summed E-state index contributed by atoms with van der Waals surface area (Å²) >= 11 is 0. The fraction of sp³-hybridized carbons (Fsp3) is 0.278. The number of halogens is 1. The molecule has 146 valence electrons. The quantitative estimate of drug-likeness (QED) is 0.627. The van der Waals surface area contributed by atoms with Crippen LogP contribution in [0.4, 0.5) is 4.39 Å². The van der Waals surface area contributed by atoms with Gasteiger partial charge in [-0.25, -0.2) is 12.8 Å². The van der Waals surface area contributed by atoms with Crippen molar-refractivity contribution in [3.8, 4) is 0 Å². The van der Waals surface area contributed by atoms with Crippen LogP contribution in [0.25, 0.3) is 0 Å².